The van der Waals surface area contributed by atoms with Crippen LogP contribution in [0.2, 0.25) is 0 Å². The van der Waals surface area contributed by atoms with E-state index in [1.165, 1.54) is 0 Å². The molecule has 2 bridgehead atoms. The number of carbonyl (C=O) groups is 1. The summed E-state index contributed by atoms with van der Waals surface area (Å²) in [6, 6.07) is 1.29. The molecule has 2 aliphatic rings. The Morgan fingerprint density at radius 1 is 1.53 bits per heavy atom. The molecule has 0 aliphatic carbocycles. The number of carbonyl (C=O) groups excluding carboxylic acids is 1. The van der Waals surface area contributed by atoms with E-state index in [1.54, 1.807) is 15.8 Å². The summed E-state index contributed by atoms with van der Waals surface area (Å²) in [4.78, 5) is 13.6. The molecule has 1 aromatic heterocycles. The first-order chi connectivity index (χ1) is 9.29. The zero-order valence-electron chi connectivity index (χ0n) is 9.58. The summed E-state index contributed by atoms with van der Waals surface area (Å²) >= 11 is 0.356. The molecular weight excluding hydrogens is 276 g/mol. The first-order valence-corrected chi connectivity index (χ1v) is 6.06. The Labute approximate surface area is 112 Å². The Kier molecular flexibility index (Phi) is 3.40. The summed E-state index contributed by atoms with van der Waals surface area (Å²) < 4.78 is 10.8. The van der Waals surface area contributed by atoms with Gasteiger partial charge >= 0.3 is 6.03 Å². The fraction of sp³-hybridized carbons (Fsp3) is 0.333. The normalized spacial score (nSPS) is 22.1. The second-order valence-corrected chi connectivity index (χ2v) is 4.37. The molecule has 19 heavy (non-hydrogen) atoms. The van der Waals surface area contributed by atoms with Crippen molar-refractivity contribution in [3.05, 3.63) is 24.5 Å². The molecule has 0 radical (unpaired) electrons. The van der Waals surface area contributed by atoms with E-state index < -0.39 is 0 Å². The SMILES string of the molecule is O=C1N2CC(n3cccn3)=CC(C2)N1OSOOO. The zero-order valence-corrected chi connectivity index (χ0v) is 10.4. The first-order valence-electron chi connectivity index (χ1n) is 5.40. The maximum atomic E-state index is 12.0. The number of amides is 2. The highest BCUT2D eigenvalue weighted by molar-refractivity contribution is 7.89. The van der Waals surface area contributed by atoms with Crippen molar-refractivity contribution in [3.63, 3.8) is 0 Å². The van der Waals surface area contributed by atoms with Gasteiger partial charge in [-0.2, -0.15) is 14.4 Å². The topological polar surface area (TPSA) is 89.3 Å². The molecule has 0 saturated carbocycles. The van der Waals surface area contributed by atoms with Gasteiger partial charge in [-0.05, 0) is 12.1 Å². The van der Waals surface area contributed by atoms with Crippen LogP contribution in [0.4, 0.5) is 4.79 Å². The predicted molar refractivity (Wildman–Crippen MR) is 62.6 cm³/mol. The van der Waals surface area contributed by atoms with Gasteiger partial charge in [0.15, 0.2) is 0 Å². The molecule has 1 atom stereocenters. The number of urea groups is 1. The molecule has 0 spiro atoms. The highest BCUT2D eigenvalue weighted by atomic mass is 32.2. The summed E-state index contributed by atoms with van der Waals surface area (Å²) in [7, 11) is 0. The van der Waals surface area contributed by atoms with Crippen LogP contribution >= 0.6 is 12.3 Å². The standard InChI is InChI=1S/C9H10N4O5S/c14-9-11-5-7(12-3-1-2-10-12)4-8(6-11)13(9)16-19-18-17-15/h1-4,8,15H,5-6H2. The van der Waals surface area contributed by atoms with Crippen molar-refractivity contribution in [2.45, 2.75) is 6.04 Å². The van der Waals surface area contributed by atoms with Gasteiger partial charge in [-0.15, -0.1) is 4.33 Å². The molecule has 2 amide bonds. The summed E-state index contributed by atoms with van der Waals surface area (Å²) in [5.41, 5.74) is 0.894. The van der Waals surface area contributed by atoms with Crippen molar-refractivity contribution in [2.75, 3.05) is 13.1 Å². The largest absolute Gasteiger partial charge is 0.346 e. The van der Waals surface area contributed by atoms with Crippen LogP contribution in [0.5, 0.6) is 0 Å². The summed E-state index contributed by atoms with van der Waals surface area (Å²) in [5.74, 6) is 0. The van der Waals surface area contributed by atoms with E-state index in [1.807, 2.05) is 18.3 Å². The van der Waals surface area contributed by atoms with Crippen LogP contribution in [0.3, 0.4) is 0 Å². The Morgan fingerprint density at radius 2 is 2.42 bits per heavy atom. The molecule has 1 N–H and O–H groups in total. The number of hydrogen-bond donors (Lipinski definition) is 1. The van der Waals surface area contributed by atoms with Crippen LogP contribution in [-0.4, -0.2) is 50.2 Å². The minimum atomic E-state index is -0.280. The molecule has 1 saturated heterocycles. The van der Waals surface area contributed by atoms with Gasteiger partial charge in [0.25, 0.3) is 0 Å². The maximum absolute atomic E-state index is 12.0. The minimum absolute atomic E-state index is 0.241. The van der Waals surface area contributed by atoms with Crippen LogP contribution in [-0.2, 0) is 13.7 Å². The number of rotatable bonds is 5. The van der Waals surface area contributed by atoms with Crippen molar-refractivity contribution in [1.29, 1.82) is 0 Å². The fourth-order valence-corrected chi connectivity index (χ4v) is 2.40. The Hall–Kier alpha value is -1.59. The fourth-order valence-electron chi connectivity index (χ4n) is 2.11. The summed E-state index contributed by atoms with van der Waals surface area (Å²) in [6.07, 6.45) is 5.38. The van der Waals surface area contributed by atoms with E-state index in [2.05, 4.69) is 14.5 Å². The van der Waals surface area contributed by atoms with Crippen LogP contribution in [0.15, 0.2) is 24.5 Å². The predicted octanol–water partition coefficient (Wildman–Crippen LogP) is 0.760. The van der Waals surface area contributed by atoms with Crippen LogP contribution in [0, 0.1) is 0 Å². The Balaban J connectivity index is 1.74. The first kappa shape index (κ1) is 12.4. The zero-order chi connectivity index (χ0) is 13.2. The molecule has 3 heterocycles. The van der Waals surface area contributed by atoms with Crippen molar-refractivity contribution in [3.8, 4) is 0 Å². The van der Waals surface area contributed by atoms with Gasteiger partial charge in [-0.1, -0.05) is 5.04 Å². The molecular formula is C9H10N4O5S. The lowest BCUT2D eigenvalue weighted by Crippen LogP contribution is -2.31. The second-order valence-electron chi connectivity index (χ2n) is 3.95. The van der Waals surface area contributed by atoms with Crippen LogP contribution in [0.1, 0.15) is 0 Å². The quantitative estimate of drug-likeness (QED) is 0.370. The average molecular weight is 286 g/mol. The van der Waals surface area contributed by atoms with E-state index in [0.717, 1.165) is 10.8 Å². The Morgan fingerprint density at radius 3 is 3.16 bits per heavy atom. The number of fused-ring (bicyclic) bond motifs is 2. The van der Waals surface area contributed by atoms with Crippen molar-refractivity contribution >= 4 is 24.1 Å². The van der Waals surface area contributed by atoms with Gasteiger partial charge in [0.2, 0.25) is 12.3 Å². The van der Waals surface area contributed by atoms with Gasteiger partial charge in [-0.3, -0.25) is 0 Å². The van der Waals surface area contributed by atoms with E-state index >= 15 is 0 Å². The second kappa shape index (κ2) is 5.19. The summed E-state index contributed by atoms with van der Waals surface area (Å²) in [6.45, 7) is 0.989. The van der Waals surface area contributed by atoms with E-state index in [4.69, 9.17) is 9.54 Å². The highest BCUT2D eigenvalue weighted by Gasteiger charge is 2.42. The van der Waals surface area contributed by atoms with Gasteiger partial charge in [0, 0.05) is 18.9 Å². The lowest BCUT2D eigenvalue weighted by Gasteiger charge is -2.20. The van der Waals surface area contributed by atoms with Gasteiger partial charge in [0.05, 0.1) is 12.2 Å². The number of nitrogens with zero attached hydrogens (tertiary/aromatic N) is 4. The Bertz CT molecular complexity index is 493. The monoisotopic (exact) mass is 286 g/mol. The summed E-state index contributed by atoms with van der Waals surface area (Å²) in [5, 5.41) is 16.7. The molecule has 1 aromatic rings. The lowest BCUT2D eigenvalue weighted by atomic mass is 10.2. The molecule has 2 aliphatic heterocycles. The van der Waals surface area contributed by atoms with Crippen molar-refractivity contribution < 1.29 is 23.7 Å². The molecule has 0 aromatic carbocycles. The number of hydroxylamine groups is 2. The van der Waals surface area contributed by atoms with E-state index in [9.17, 15) is 4.79 Å². The molecule has 10 heteroatoms. The number of aromatic nitrogens is 2. The number of hydrogen-bond acceptors (Lipinski definition) is 7. The molecule has 3 rings (SSSR count). The van der Waals surface area contributed by atoms with Gasteiger partial charge < -0.3 is 4.90 Å². The minimum Gasteiger partial charge on any atom is -0.314 e. The third kappa shape index (κ3) is 2.31. The average Bonchev–Trinajstić information content (AvgIpc) is 3.02. The van der Waals surface area contributed by atoms with Crippen LogP contribution < -0.4 is 0 Å². The molecule has 9 nitrogen and oxygen atoms in total. The third-order valence-electron chi connectivity index (χ3n) is 2.87. The molecule has 1 fully saturated rings. The smallest absolute Gasteiger partial charge is 0.314 e. The molecule has 1 unspecified atom stereocenters. The highest BCUT2D eigenvalue weighted by Crippen LogP contribution is 2.28. The molecule has 102 valence electrons. The maximum Gasteiger partial charge on any atom is 0.346 e. The van der Waals surface area contributed by atoms with Gasteiger partial charge in [-0.25, -0.2) is 14.7 Å². The third-order valence-corrected chi connectivity index (χ3v) is 3.21. The van der Waals surface area contributed by atoms with Gasteiger partial charge in [0.1, 0.15) is 6.04 Å². The van der Waals surface area contributed by atoms with E-state index in [-0.39, 0.29) is 12.1 Å². The van der Waals surface area contributed by atoms with Crippen molar-refractivity contribution in [2.24, 2.45) is 0 Å². The van der Waals surface area contributed by atoms with E-state index in [0.29, 0.717) is 25.4 Å². The van der Waals surface area contributed by atoms with Crippen LogP contribution in [0.25, 0.3) is 5.70 Å². The van der Waals surface area contributed by atoms with Crippen molar-refractivity contribution in [1.82, 2.24) is 19.7 Å². The lowest BCUT2D eigenvalue weighted by molar-refractivity contribution is -0.435.